The van der Waals surface area contributed by atoms with Gasteiger partial charge in [0.25, 0.3) is 0 Å². The number of halogens is 1. The number of nitrogens with one attached hydrogen (secondary N) is 3. The minimum Gasteiger partial charge on any atom is -0.357 e. The molecule has 2 heterocycles. The fourth-order valence-corrected chi connectivity index (χ4v) is 5.13. The zero-order chi connectivity index (χ0) is 19.0. The fraction of sp³-hybridized carbons (Fsp3) is 0.471. The highest BCUT2D eigenvalue weighted by Gasteiger charge is 2.21. The summed E-state index contributed by atoms with van der Waals surface area (Å²) < 4.78 is 27.1. The SMILES string of the molecule is CCNC(=NCC(C)(C)c1cccs1)NCCNS(=O)(=O)c1cccs1.I. The predicted molar refractivity (Wildman–Crippen MR) is 126 cm³/mol. The number of sulfonamides is 1. The van der Waals surface area contributed by atoms with E-state index >= 15 is 0 Å². The Kier molecular flexibility index (Phi) is 10.2. The molecule has 0 amide bonds. The molecule has 2 aromatic heterocycles. The maximum Gasteiger partial charge on any atom is 0.250 e. The lowest BCUT2D eigenvalue weighted by Gasteiger charge is -2.21. The molecule has 0 spiro atoms. The maximum atomic E-state index is 12.1. The molecule has 3 N–H and O–H groups in total. The largest absolute Gasteiger partial charge is 0.357 e. The van der Waals surface area contributed by atoms with Crippen LogP contribution in [-0.4, -0.2) is 40.6 Å². The smallest absolute Gasteiger partial charge is 0.250 e. The van der Waals surface area contributed by atoms with Gasteiger partial charge in [-0.3, -0.25) is 4.99 Å². The Bertz CT molecular complexity index is 788. The van der Waals surface area contributed by atoms with Crippen molar-refractivity contribution in [2.45, 2.75) is 30.4 Å². The highest BCUT2D eigenvalue weighted by Crippen LogP contribution is 2.27. The lowest BCUT2D eigenvalue weighted by molar-refractivity contribution is 0.548. The van der Waals surface area contributed by atoms with E-state index in [1.54, 1.807) is 28.8 Å². The van der Waals surface area contributed by atoms with E-state index in [1.807, 2.05) is 6.92 Å². The summed E-state index contributed by atoms with van der Waals surface area (Å²) in [5.74, 6) is 0.687. The number of guanidine groups is 1. The molecule has 0 saturated carbocycles. The van der Waals surface area contributed by atoms with Crippen molar-refractivity contribution in [3.8, 4) is 0 Å². The molecule has 0 fully saturated rings. The quantitative estimate of drug-likeness (QED) is 0.197. The summed E-state index contributed by atoms with van der Waals surface area (Å²) in [6, 6.07) is 7.50. The van der Waals surface area contributed by atoms with Crippen LogP contribution in [-0.2, 0) is 15.4 Å². The minimum atomic E-state index is -3.42. The molecule has 2 rings (SSSR count). The third-order valence-corrected chi connectivity index (χ3v) is 7.73. The molecule has 0 aliphatic heterocycles. The van der Waals surface area contributed by atoms with Gasteiger partial charge in [-0.25, -0.2) is 13.1 Å². The van der Waals surface area contributed by atoms with Crippen molar-refractivity contribution in [2.24, 2.45) is 4.99 Å². The van der Waals surface area contributed by atoms with Crippen LogP contribution in [0.5, 0.6) is 0 Å². The van der Waals surface area contributed by atoms with E-state index in [4.69, 9.17) is 0 Å². The summed E-state index contributed by atoms with van der Waals surface area (Å²) in [6.45, 7) is 8.47. The number of hydrogen-bond acceptors (Lipinski definition) is 5. The van der Waals surface area contributed by atoms with Crippen molar-refractivity contribution in [3.63, 3.8) is 0 Å². The van der Waals surface area contributed by atoms with Gasteiger partial charge in [-0.05, 0) is 29.8 Å². The second-order valence-corrected chi connectivity index (χ2v) is 10.2. The topological polar surface area (TPSA) is 82.6 Å². The van der Waals surface area contributed by atoms with Crippen molar-refractivity contribution >= 4 is 62.6 Å². The van der Waals surface area contributed by atoms with Crippen LogP contribution in [0.3, 0.4) is 0 Å². The molecule has 0 aliphatic rings. The van der Waals surface area contributed by atoms with Crippen LogP contribution < -0.4 is 15.4 Å². The summed E-state index contributed by atoms with van der Waals surface area (Å²) in [5.41, 5.74) is -0.0444. The van der Waals surface area contributed by atoms with Gasteiger partial charge in [0.2, 0.25) is 10.0 Å². The highest BCUT2D eigenvalue weighted by molar-refractivity contribution is 14.0. The molecule has 2 aromatic rings. The number of thiophene rings is 2. The van der Waals surface area contributed by atoms with E-state index in [1.165, 1.54) is 16.2 Å². The first kappa shape index (κ1) is 24.3. The Labute approximate surface area is 187 Å². The Morgan fingerprint density at radius 3 is 2.41 bits per heavy atom. The number of rotatable bonds is 9. The molecule has 10 heteroatoms. The van der Waals surface area contributed by atoms with E-state index in [0.717, 1.165) is 6.54 Å². The van der Waals surface area contributed by atoms with Crippen LogP contribution in [0.4, 0.5) is 0 Å². The second-order valence-electron chi connectivity index (χ2n) is 6.31. The standard InChI is InChI=1S/C17H26N4O2S3.HI/c1-4-18-16(20-13-17(2,3)14-7-5-11-24-14)19-9-10-21-26(22,23)15-8-6-12-25-15;/h5-8,11-12,21H,4,9-10,13H2,1-3H3,(H2,18,19,20);1H. The Balaban J connectivity index is 0.00000364. The van der Waals surface area contributed by atoms with Crippen LogP contribution in [0.1, 0.15) is 25.6 Å². The van der Waals surface area contributed by atoms with Gasteiger partial charge in [-0.15, -0.1) is 46.7 Å². The highest BCUT2D eigenvalue weighted by atomic mass is 127. The lowest BCUT2D eigenvalue weighted by atomic mass is 9.92. The van der Waals surface area contributed by atoms with E-state index in [-0.39, 0.29) is 29.4 Å². The monoisotopic (exact) mass is 542 g/mol. The van der Waals surface area contributed by atoms with Gasteiger partial charge in [0.15, 0.2) is 5.96 Å². The fourth-order valence-electron chi connectivity index (χ4n) is 2.21. The van der Waals surface area contributed by atoms with Gasteiger partial charge < -0.3 is 10.6 Å². The van der Waals surface area contributed by atoms with Crippen LogP contribution in [0.15, 0.2) is 44.2 Å². The summed E-state index contributed by atoms with van der Waals surface area (Å²) in [7, 11) is -3.42. The first-order valence-corrected chi connectivity index (χ1v) is 11.7. The van der Waals surface area contributed by atoms with Crippen LogP contribution in [0, 0.1) is 0 Å². The molecule has 0 aliphatic carbocycles. The Morgan fingerprint density at radius 1 is 1.11 bits per heavy atom. The lowest BCUT2D eigenvalue weighted by Crippen LogP contribution is -2.42. The normalized spacial score (nSPS) is 12.5. The minimum absolute atomic E-state index is 0. The van der Waals surface area contributed by atoms with Crippen LogP contribution in [0.25, 0.3) is 0 Å². The number of aliphatic imine (C=N–C) groups is 1. The molecular weight excluding hydrogens is 515 g/mol. The van der Waals surface area contributed by atoms with Gasteiger partial charge in [-0.1, -0.05) is 26.0 Å². The van der Waals surface area contributed by atoms with Gasteiger partial charge in [0.05, 0.1) is 6.54 Å². The first-order valence-electron chi connectivity index (χ1n) is 8.44. The molecule has 0 bridgehead atoms. The summed E-state index contributed by atoms with van der Waals surface area (Å²) in [5, 5.41) is 10.2. The van der Waals surface area contributed by atoms with Crippen LogP contribution >= 0.6 is 46.7 Å². The Hall–Kier alpha value is -0.690. The average molecular weight is 543 g/mol. The molecular formula is C17H27IN4O2S3. The molecule has 0 aromatic carbocycles. The van der Waals surface area contributed by atoms with Crippen molar-refractivity contribution in [3.05, 3.63) is 39.9 Å². The van der Waals surface area contributed by atoms with E-state index < -0.39 is 10.0 Å². The van der Waals surface area contributed by atoms with Crippen molar-refractivity contribution in [1.29, 1.82) is 0 Å². The Morgan fingerprint density at radius 2 is 1.81 bits per heavy atom. The average Bonchev–Trinajstić information content (AvgIpc) is 3.30. The van der Waals surface area contributed by atoms with E-state index in [9.17, 15) is 8.42 Å². The van der Waals surface area contributed by atoms with Crippen molar-refractivity contribution < 1.29 is 8.42 Å². The van der Waals surface area contributed by atoms with E-state index in [0.29, 0.717) is 29.8 Å². The predicted octanol–water partition coefficient (Wildman–Crippen LogP) is 3.24. The molecule has 0 unspecified atom stereocenters. The third kappa shape index (κ3) is 7.68. The molecule has 6 nitrogen and oxygen atoms in total. The zero-order valence-corrected chi connectivity index (χ0v) is 20.5. The number of nitrogens with zero attached hydrogens (tertiary/aromatic N) is 1. The molecule has 152 valence electrons. The third-order valence-electron chi connectivity index (χ3n) is 3.63. The van der Waals surface area contributed by atoms with Gasteiger partial charge in [-0.2, -0.15) is 0 Å². The maximum absolute atomic E-state index is 12.1. The molecule has 0 radical (unpaired) electrons. The van der Waals surface area contributed by atoms with Gasteiger partial charge in [0.1, 0.15) is 4.21 Å². The summed E-state index contributed by atoms with van der Waals surface area (Å²) >= 11 is 2.94. The molecule has 0 saturated heterocycles. The van der Waals surface area contributed by atoms with Crippen molar-refractivity contribution in [1.82, 2.24) is 15.4 Å². The van der Waals surface area contributed by atoms with Gasteiger partial charge >= 0.3 is 0 Å². The second kappa shape index (κ2) is 11.3. The zero-order valence-electron chi connectivity index (χ0n) is 15.7. The van der Waals surface area contributed by atoms with Gasteiger partial charge in [0, 0.05) is 29.9 Å². The molecule has 0 atom stereocenters. The van der Waals surface area contributed by atoms with E-state index in [2.05, 4.69) is 51.7 Å². The number of hydrogen-bond donors (Lipinski definition) is 3. The summed E-state index contributed by atoms with van der Waals surface area (Å²) in [6.07, 6.45) is 0. The van der Waals surface area contributed by atoms with Crippen LogP contribution in [0.2, 0.25) is 0 Å². The summed E-state index contributed by atoms with van der Waals surface area (Å²) in [4.78, 5) is 5.94. The first-order chi connectivity index (χ1) is 12.3. The molecule has 27 heavy (non-hydrogen) atoms. The van der Waals surface area contributed by atoms with Crippen molar-refractivity contribution in [2.75, 3.05) is 26.2 Å².